The van der Waals surface area contributed by atoms with E-state index in [1.807, 2.05) is 58.0 Å². The molecule has 0 aliphatic carbocycles. The van der Waals surface area contributed by atoms with Gasteiger partial charge in [-0.1, -0.05) is 30.0 Å². The van der Waals surface area contributed by atoms with Gasteiger partial charge in [-0.2, -0.15) is 0 Å². The van der Waals surface area contributed by atoms with E-state index in [0.29, 0.717) is 11.1 Å². The predicted molar refractivity (Wildman–Crippen MR) is 127 cm³/mol. The molecule has 0 unspecified atom stereocenters. The Balaban J connectivity index is 1.35. The molecule has 0 N–H and O–H groups in total. The van der Waals surface area contributed by atoms with Gasteiger partial charge in [0, 0.05) is 21.8 Å². The second-order valence-corrected chi connectivity index (χ2v) is 9.64. The highest BCUT2D eigenvalue weighted by molar-refractivity contribution is 7.99. The van der Waals surface area contributed by atoms with Crippen LogP contribution in [0.2, 0.25) is 0 Å². The van der Waals surface area contributed by atoms with Crippen LogP contribution >= 0.6 is 23.1 Å². The lowest BCUT2D eigenvalue weighted by atomic mass is 10.1. The van der Waals surface area contributed by atoms with E-state index in [4.69, 9.17) is 9.15 Å². The topological polar surface area (TPSA) is 70.2 Å². The predicted octanol–water partition coefficient (Wildman–Crippen LogP) is 5.77. The van der Waals surface area contributed by atoms with Crippen molar-refractivity contribution in [1.82, 2.24) is 14.8 Å². The fourth-order valence-electron chi connectivity index (χ4n) is 3.45. The van der Waals surface area contributed by atoms with Crippen molar-refractivity contribution in [3.8, 4) is 5.75 Å². The SMILES string of the molecule is Cc1ccc(C)c(OCc2nnc(SCC(=O)c3cc(C)n(Cc4cccs4)c3C)o2)c1. The molecule has 0 aliphatic rings. The van der Waals surface area contributed by atoms with Crippen LogP contribution in [-0.4, -0.2) is 26.3 Å². The Hall–Kier alpha value is -2.84. The summed E-state index contributed by atoms with van der Waals surface area (Å²) in [4.78, 5) is 14.1. The lowest BCUT2D eigenvalue weighted by Crippen LogP contribution is -2.07. The average Bonchev–Trinajstić information content (AvgIpc) is 3.51. The van der Waals surface area contributed by atoms with Gasteiger partial charge in [-0.15, -0.1) is 21.5 Å². The fourth-order valence-corrected chi connectivity index (χ4v) is 4.80. The Bertz CT molecular complexity index is 1230. The standard InChI is InChI=1S/C24H25N3O3S2/c1-15-7-8-16(2)22(10-15)29-13-23-25-26-24(30-23)32-14-21(28)20-11-17(3)27(18(20)4)12-19-6-5-9-31-19/h5-11H,12-14H2,1-4H3. The van der Waals surface area contributed by atoms with Crippen LogP contribution in [0, 0.1) is 27.7 Å². The number of hydrogen-bond acceptors (Lipinski definition) is 7. The number of nitrogens with zero attached hydrogens (tertiary/aromatic N) is 3. The van der Waals surface area contributed by atoms with E-state index in [-0.39, 0.29) is 18.1 Å². The van der Waals surface area contributed by atoms with Crippen LogP contribution in [0.4, 0.5) is 0 Å². The molecule has 0 spiro atoms. The largest absolute Gasteiger partial charge is 0.484 e. The van der Waals surface area contributed by atoms with Crippen molar-refractivity contribution in [1.29, 1.82) is 0 Å². The van der Waals surface area contributed by atoms with E-state index in [9.17, 15) is 4.79 Å². The van der Waals surface area contributed by atoms with Gasteiger partial charge in [0.15, 0.2) is 12.4 Å². The summed E-state index contributed by atoms with van der Waals surface area (Å²) in [6.45, 7) is 9.01. The van der Waals surface area contributed by atoms with Gasteiger partial charge in [0.05, 0.1) is 12.3 Å². The maximum Gasteiger partial charge on any atom is 0.277 e. The first-order valence-corrected chi connectivity index (χ1v) is 12.1. The molecule has 0 saturated heterocycles. The minimum Gasteiger partial charge on any atom is -0.484 e. The summed E-state index contributed by atoms with van der Waals surface area (Å²) in [7, 11) is 0. The minimum atomic E-state index is 0.0481. The van der Waals surface area contributed by atoms with E-state index in [1.54, 1.807) is 11.3 Å². The summed E-state index contributed by atoms with van der Waals surface area (Å²) >= 11 is 2.97. The molecule has 166 valence electrons. The van der Waals surface area contributed by atoms with Crippen molar-refractivity contribution in [2.24, 2.45) is 0 Å². The van der Waals surface area contributed by atoms with Gasteiger partial charge in [-0.3, -0.25) is 4.79 Å². The minimum absolute atomic E-state index is 0.0481. The van der Waals surface area contributed by atoms with Gasteiger partial charge in [-0.05, 0) is 62.4 Å². The lowest BCUT2D eigenvalue weighted by Gasteiger charge is -2.08. The number of carbonyl (C=O) groups is 1. The number of thiophene rings is 1. The molecular weight excluding hydrogens is 442 g/mol. The van der Waals surface area contributed by atoms with Crippen molar-refractivity contribution in [3.05, 3.63) is 80.6 Å². The summed E-state index contributed by atoms with van der Waals surface area (Å²) in [6.07, 6.45) is 0. The van der Waals surface area contributed by atoms with Crippen molar-refractivity contribution in [2.45, 2.75) is 46.1 Å². The molecule has 0 bridgehead atoms. The molecular formula is C24H25N3O3S2. The molecule has 6 nitrogen and oxygen atoms in total. The Labute approximate surface area is 195 Å². The zero-order chi connectivity index (χ0) is 22.7. The second kappa shape index (κ2) is 9.75. The summed E-state index contributed by atoms with van der Waals surface area (Å²) < 4.78 is 13.6. The van der Waals surface area contributed by atoms with Crippen LogP contribution in [0.5, 0.6) is 5.75 Å². The molecule has 32 heavy (non-hydrogen) atoms. The van der Waals surface area contributed by atoms with Crippen molar-refractivity contribution < 1.29 is 13.9 Å². The number of ketones is 1. The van der Waals surface area contributed by atoms with E-state index in [0.717, 1.165) is 40.4 Å². The molecule has 3 aromatic heterocycles. The number of aromatic nitrogens is 3. The molecule has 3 heterocycles. The number of ether oxygens (including phenoxy) is 1. The van der Waals surface area contributed by atoms with Crippen LogP contribution in [0.25, 0.3) is 0 Å². The van der Waals surface area contributed by atoms with Crippen molar-refractivity contribution in [2.75, 3.05) is 5.75 Å². The summed E-state index contributed by atoms with van der Waals surface area (Å²) in [5.41, 5.74) is 4.97. The van der Waals surface area contributed by atoms with E-state index < -0.39 is 0 Å². The van der Waals surface area contributed by atoms with Gasteiger partial charge in [0.1, 0.15) is 5.75 Å². The highest BCUT2D eigenvalue weighted by Crippen LogP contribution is 2.24. The van der Waals surface area contributed by atoms with Gasteiger partial charge >= 0.3 is 0 Å². The van der Waals surface area contributed by atoms with Gasteiger partial charge in [-0.25, -0.2) is 0 Å². The number of Topliss-reactive ketones (excluding diaryl/α,β-unsaturated/α-hetero) is 1. The van der Waals surface area contributed by atoms with Crippen molar-refractivity contribution >= 4 is 28.9 Å². The molecule has 4 rings (SSSR count). The third-order valence-electron chi connectivity index (χ3n) is 5.24. The first-order valence-electron chi connectivity index (χ1n) is 10.3. The van der Waals surface area contributed by atoms with Gasteiger partial charge in [0.2, 0.25) is 0 Å². The molecule has 0 saturated carbocycles. The van der Waals surface area contributed by atoms with Crippen LogP contribution < -0.4 is 4.74 Å². The van der Waals surface area contributed by atoms with Crippen molar-refractivity contribution in [3.63, 3.8) is 0 Å². The van der Waals surface area contributed by atoms with E-state index in [1.165, 1.54) is 16.6 Å². The summed E-state index contributed by atoms with van der Waals surface area (Å²) in [6, 6.07) is 12.2. The average molecular weight is 468 g/mol. The number of carbonyl (C=O) groups excluding carboxylic acids is 1. The maximum atomic E-state index is 12.8. The lowest BCUT2D eigenvalue weighted by molar-refractivity contribution is 0.102. The molecule has 0 amide bonds. The smallest absolute Gasteiger partial charge is 0.277 e. The quantitative estimate of drug-likeness (QED) is 0.230. The third kappa shape index (κ3) is 5.14. The van der Waals surface area contributed by atoms with Crippen LogP contribution in [0.3, 0.4) is 0 Å². The molecule has 0 atom stereocenters. The van der Waals surface area contributed by atoms with E-state index in [2.05, 4.69) is 26.2 Å². The first-order chi connectivity index (χ1) is 15.4. The molecule has 4 aromatic rings. The molecule has 1 aromatic carbocycles. The van der Waals surface area contributed by atoms with Crippen LogP contribution in [0.15, 0.2) is 51.4 Å². The highest BCUT2D eigenvalue weighted by Gasteiger charge is 2.18. The Morgan fingerprint density at radius 1 is 1.16 bits per heavy atom. The number of thioether (sulfide) groups is 1. The summed E-state index contributed by atoms with van der Waals surface area (Å²) in [5.74, 6) is 1.47. The number of benzene rings is 1. The number of rotatable bonds is 9. The Morgan fingerprint density at radius 3 is 2.78 bits per heavy atom. The van der Waals surface area contributed by atoms with Crippen LogP contribution in [-0.2, 0) is 13.2 Å². The van der Waals surface area contributed by atoms with E-state index >= 15 is 0 Å². The third-order valence-corrected chi connectivity index (χ3v) is 6.92. The molecule has 0 aliphatic heterocycles. The zero-order valence-corrected chi connectivity index (χ0v) is 20.2. The van der Waals surface area contributed by atoms with Gasteiger partial charge < -0.3 is 13.7 Å². The fraction of sp³-hybridized carbons (Fsp3) is 0.292. The normalized spacial score (nSPS) is 11.1. The number of aryl methyl sites for hydroxylation is 3. The molecule has 0 fully saturated rings. The second-order valence-electron chi connectivity index (χ2n) is 7.68. The monoisotopic (exact) mass is 467 g/mol. The summed E-state index contributed by atoms with van der Waals surface area (Å²) in [5, 5.41) is 10.5. The maximum absolute atomic E-state index is 12.8. The highest BCUT2D eigenvalue weighted by atomic mass is 32.2. The van der Waals surface area contributed by atoms with Crippen LogP contribution in [0.1, 0.15) is 43.6 Å². The first kappa shape index (κ1) is 22.4. The Kier molecular flexibility index (Phi) is 6.81. The molecule has 8 heteroatoms. The van der Waals surface area contributed by atoms with Gasteiger partial charge in [0.25, 0.3) is 11.1 Å². The zero-order valence-electron chi connectivity index (χ0n) is 18.5. The molecule has 0 radical (unpaired) electrons. The Morgan fingerprint density at radius 2 is 2.00 bits per heavy atom. The number of hydrogen-bond donors (Lipinski definition) is 0.